The molecule has 0 fully saturated rings. The Morgan fingerprint density at radius 3 is 2.17 bits per heavy atom. The molecule has 30 heavy (non-hydrogen) atoms. The highest BCUT2D eigenvalue weighted by Gasteiger charge is 2.19. The van der Waals surface area contributed by atoms with Gasteiger partial charge in [-0.2, -0.15) is 5.10 Å². The Morgan fingerprint density at radius 1 is 0.833 bits per heavy atom. The SMILES string of the molecule is O=C(NCCNC(=O)c1cn(-c2ccccc2)nc1-c1cccs1)c1ccccc1. The Morgan fingerprint density at radius 2 is 1.50 bits per heavy atom. The Hall–Kier alpha value is -3.71. The highest BCUT2D eigenvalue weighted by atomic mass is 32.1. The molecule has 6 nitrogen and oxygen atoms in total. The van der Waals surface area contributed by atoms with Crippen molar-refractivity contribution in [2.45, 2.75) is 0 Å². The molecule has 0 radical (unpaired) electrons. The first-order valence-electron chi connectivity index (χ1n) is 9.53. The molecule has 0 bridgehead atoms. The molecule has 0 spiro atoms. The van der Waals surface area contributed by atoms with Gasteiger partial charge in [0.25, 0.3) is 11.8 Å². The molecule has 0 saturated carbocycles. The van der Waals surface area contributed by atoms with Crippen LogP contribution in [0.2, 0.25) is 0 Å². The number of rotatable bonds is 7. The van der Waals surface area contributed by atoms with Gasteiger partial charge in [-0.25, -0.2) is 4.68 Å². The topological polar surface area (TPSA) is 76.0 Å². The maximum absolute atomic E-state index is 12.8. The predicted octanol–water partition coefficient (Wildman–Crippen LogP) is 3.76. The second-order valence-electron chi connectivity index (χ2n) is 6.53. The van der Waals surface area contributed by atoms with E-state index in [-0.39, 0.29) is 11.8 Å². The molecular formula is C23H20N4O2S. The number of carbonyl (C=O) groups excluding carboxylic acids is 2. The minimum absolute atomic E-state index is 0.166. The Balaban J connectivity index is 1.44. The lowest BCUT2D eigenvalue weighted by molar-refractivity contribution is 0.0928. The molecule has 0 atom stereocenters. The van der Waals surface area contributed by atoms with Gasteiger partial charge < -0.3 is 10.6 Å². The Bertz CT molecular complexity index is 1120. The molecule has 2 amide bonds. The number of aromatic nitrogens is 2. The fourth-order valence-electron chi connectivity index (χ4n) is 2.99. The second kappa shape index (κ2) is 9.19. The van der Waals surface area contributed by atoms with Crippen molar-refractivity contribution in [3.05, 3.63) is 95.5 Å². The summed E-state index contributed by atoms with van der Waals surface area (Å²) in [6.45, 7) is 0.651. The van der Waals surface area contributed by atoms with Gasteiger partial charge >= 0.3 is 0 Å². The van der Waals surface area contributed by atoms with E-state index in [1.165, 1.54) is 11.3 Å². The second-order valence-corrected chi connectivity index (χ2v) is 7.47. The zero-order chi connectivity index (χ0) is 20.8. The first-order valence-corrected chi connectivity index (χ1v) is 10.4. The molecule has 4 rings (SSSR count). The number of hydrogen-bond acceptors (Lipinski definition) is 4. The van der Waals surface area contributed by atoms with Crippen LogP contribution in [0, 0.1) is 0 Å². The molecule has 0 aliphatic carbocycles. The standard InChI is InChI=1S/C23H20N4O2S/c28-22(17-8-3-1-4-9-17)24-13-14-25-23(29)19-16-27(18-10-5-2-6-11-18)26-21(19)20-12-7-15-30-20/h1-12,15-16H,13-14H2,(H,24,28)(H,25,29). The summed E-state index contributed by atoms with van der Waals surface area (Å²) in [6.07, 6.45) is 1.74. The van der Waals surface area contributed by atoms with Crippen molar-refractivity contribution in [2.75, 3.05) is 13.1 Å². The number of nitrogens with one attached hydrogen (secondary N) is 2. The van der Waals surface area contributed by atoms with Crippen LogP contribution in [0.3, 0.4) is 0 Å². The van der Waals surface area contributed by atoms with Gasteiger partial charge in [-0.1, -0.05) is 42.5 Å². The number of carbonyl (C=O) groups is 2. The molecule has 0 aliphatic heterocycles. The number of amides is 2. The zero-order valence-electron chi connectivity index (χ0n) is 16.1. The first-order chi connectivity index (χ1) is 14.7. The van der Waals surface area contributed by atoms with Gasteiger partial charge in [0.2, 0.25) is 0 Å². The van der Waals surface area contributed by atoms with Crippen LogP contribution in [0.1, 0.15) is 20.7 Å². The van der Waals surface area contributed by atoms with Crippen LogP contribution in [-0.2, 0) is 0 Å². The van der Waals surface area contributed by atoms with E-state index in [0.717, 1.165) is 10.6 Å². The average Bonchev–Trinajstić information content (AvgIpc) is 3.47. The van der Waals surface area contributed by atoms with Gasteiger partial charge in [0.1, 0.15) is 5.69 Å². The summed E-state index contributed by atoms with van der Waals surface area (Å²) in [5, 5.41) is 12.3. The average molecular weight is 417 g/mol. The van der Waals surface area contributed by atoms with Gasteiger partial charge in [-0.05, 0) is 35.7 Å². The van der Waals surface area contributed by atoms with Crippen LogP contribution in [0.25, 0.3) is 16.3 Å². The fourth-order valence-corrected chi connectivity index (χ4v) is 3.71. The molecule has 0 aliphatic rings. The zero-order valence-corrected chi connectivity index (χ0v) is 16.9. The molecule has 2 aromatic heterocycles. The molecule has 2 heterocycles. The van der Waals surface area contributed by atoms with Gasteiger partial charge in [-0.3, -0.25) is 9.59 Å². The maximum atomic E-state index is 12.8. The van der Waals surface area contributed by atoms with E-state index in [2.05, 4.69) is 15.7 Å². The van der Waals surface area contributed by atoms with Crippen LogP contribution >= 0.6 is 11.3 Å². The highest BCUT2D eigenvalue weighted by molar-refractivity contribution is 7.13. The summed E-state index contributed by atoms with van der Waals surface area (Å²) in [6, 6.07) is 22.5. The molecular weight excluding hydrogens is 396 g/mol. The summed E-state index contributed by atoms with van der Waals surface area (Å²) in [5.74, 6) is -0.393. The van der Waals surface area contributed by atoms with Gasteiger partial charge in [0, 0.05) is 24.8 Å². The third-order valence-corrected chi connectivity index (χ3v) is 5.34. The third-order valence-electron chi connectivity index (χ3n) is 4.47. The predicted molar refractivity (Wildman–Crippen MR) is 118 cm³/mol. The number of hydrogen-bond donors (Lipinski definition) is 2. The summed E-state index contributed by atoms with van der Waals surface area (Å²) in [5.41, 5.74) is 2.60. The van der Waals surface area contributed by atoms with Crippen molar-refractivity contribution in [3.63, 3.8) is 0 Å². The monoisotopic (exact) mass is 416 g/mol. The lowest BCUT2D eigenvalue weighted by atomic mass is 10.2. The van der Waals surface area contributed by atoms with E-state index >= 15 is 0 Å². The van der Waals surface area contributed by atoms with Crippen molar-refractivity contribution in [1.82, 2.24) is 20.4 Å². The summed E-state index contributed by atoms with van der Waals surface area (Å²) in [7, 11) is 0. The maximum Gasteiger partial charge on any atom is 0.255 e. The van der Waals surface area contributed by atoms with E-state index in [0.29, 0.717) is 29.9 Å². The van der Waals surface area contributed by atoms with E-state index in [1.54, 1.807) is 23.0 Å². The van der Waals surface area contributed by atoms with Crippen LogP contribution in [0.5, 0.6) is 0 Å². The number of para-hydroxylation sites is 1. The molecule has 150 valence electrons. The van der Waals surface area contributed by atoms with Gasteiger partial charge in [0.15, 0.2) is 0 Å². The molecule has 2 aromatic carbocycles. The minimum Gasteiger partial charge on any atom is -0.350 e. The van der Waals surface area contributed by atoms with Crippen LogP contribution in [0.15, 0.2) is 84.4 Å². The van der Waals surface area contributed by atoms with Crippen molar-refractivity contribution in [3.8, 4) is 16.3 Å². The molecule has 0 unspecified atom stereocenters. The van der Waals surface area contributed by atoms with E-state index in [9.17, 15) is 9.59 Å². The third kappa shape index (κ3) is 4.47. The van der Waals surface area contributed by atoms with E-state index < -0.39 is 0 Å². The molecule has 7 heteroatoms. The lowest BCUT2D eigenvalue weighted by Crippen LogP contribution is -2.34. The quantitative estimate of drug-likeness (QED) is 0.451. The number of benzene rings is 2. The van der Waals surface area contributed by atoms with Crippen molar-refractivity contribution in [1.29, 1.82) is 0 Å². The summed E-state index contributed by atoms with van der Waals surface area (Å²) >= 11 is 1.53. The fraction of sp³-hybridized carbons (Fsp3) is 0.0870. The number of nitrogens with zero attached hydrogens (tertiary/aromatic N) is 2. The Labute approximate surface area is 178 Å². The summed E-state index contributed by atoms with van der Waals surface area (Å²) in [4.78, 5) is 25.9. The normalized spacial score (nSPS) is 10.5. The largest absolute Gasteiger partial charge is 0.350 e. The smallest absolute Gasteiger partial charge is 0.255 e. The van der Waals surface area contributed by atoms with Crippen molar-refractivity contribution < 1.29 is 9.59 Å². The first kappa shape index (κ1) is 19.6. The van der Waals surface area contributed by atoms with E-state index in [4.69, 9.17) is 0 Å². The van der Waals surface area contributed by atoms with Gasteiger partial charge in [0.05, 0.1) is 16.1 Å². The van der Waals surface area contributed by atoms with Crippen molar-refractivity contribution >= 4 is 23.2 Å². The minimum atomic E-state index is -0.227. The molecule has 4 aromatic rings. The van der Waals surface area contributed by atoms with E-state index in [1.807, 2.05) is 66.0 Å². The van der Waals surface area contributed by atoms with Crippen molar-refractivity contribution in [2.24, 2.45) is 0 Å². The Kier molecular flexibility index (Phi) is 6.01. The lowest BCUT2D eigenvalue weighted by Gasteiger charge is -2.07. The highest BCUT2D eigenvalue weighted by Crippen LogP contribution is 2.27. The molecule has 2 N–H and O–H groups in total. The number of thiophene rings is 1. The van der Waals surface area contributed by atoms with Crippen LogP contribution < -0.4 is 10.6 Å². The molecule has 0 saturated heterocycles. The van der Waals surface area contributed by atoms with Crippen LogP contribution in [0.4, 0.5) is 0 Å². The van der Waals surface area contributed by atoms with Crippen LogP contribution in [-0.4, -0.2) is 34.7 Å². The summed E-state index contributed by atoms with van der Waals surface area (Å²) < 4.78 is 1.71. The van der Waals surface area contributed by atoms with Gasteiger partial charge in [-0.15, -0.1) is 11.3 Å².